The normalized spacial score (nSPS) is 16.9. The number of aryl methyl sites for hydroxylation is 1. The molecule has 0 radical (unpaired) electrons. The Morgan fingerprint density at radius 2 is 2.32 bits per heavy atom. The van der Waals surface area contributed by atoms with Gasteiger partial charge in [0.1, 0.15) is 10.7 Å². The van der Waals surface area contributed by atoms with Crippen molar-refractivity contribution in [1.29, 1.82) is 0 Å². The first kappa shape index (κ1) is 15.8. The quantitative estimate of drug-likeness (QED) is 0.747. The Morgan fingerprint density at radius 1 is 1.36 bits per heavy atom. The van der Waals surface area contributed by atoms with Crippen LogP contribution in [-0.2, 0) is 17.9 Å². The molecule has 1 aliphatic rings. The van der Waals surface area contributed by atoms with Crippen molar-refractivity contribution < 1.29 is 4.79 Å². The van der Waals surface area contributed by atoms with Crippen LogP contribution in [0.4, 0.5) is 0 Å². The summed E-state index contributed by atoms with van der Waals surface area (Å²) in [6.07, 6.45) is 7.64. The number of carbonyl (C=O) groups is 1. The van der Waals surface area contributed by atoms with E-state index in [0.717, 1.165) is 42.2 Å². The average Bonchev–Trinajstić information content (AvgIpc) is 3.26. The Labute approximate surface area is 147 Å². The van der Waals surface area contributed by atoms with Gasteiger partial charge in [-0.15, -0.1) is 16.4 Å². The van der Waals surface area contributed by atoms with Gasteiger partial charge < -0.3 is 5.32 Å². The summed E-state index contributed by atoms with van der Waals surface area (Å²) in [5.74, 6) is 0.274. The smallest absolute Gasteiger partial charge is 0.231 e. The Hall–Kier alpha value is -2.75. The summed E-state index contributed by atoms with van der Waals surface area (Å²) in [5.41, 5.74) is 1.53. The molecule has 3 aromatic heterocycles. The third kappa shape index (κ3) is 3.38. The maximum atomic E-state index is 12.6. The predicted octanol–water partition coefficient (Wildman–Crippen LogP) is 1.17. The van der Waals surface area contributed by atoms with Gasteiger partial charge in [-0.25, -0.2) is 9.67 Å². The summed E-state index contributed by atoms with van der Waals surface area (Å²) in [6.45, 7) is 1.13. The highest BCUT2D eigenvalue weighted by Gasteiger charge is 2.28. The largest absolute Gasteiger partial charge is 0.350 e. The lowest BCUT2D eigenvalue weighted by Crippen LogP contribution is -2.30. The number of carbonyl (C=O) groups excluding carboxylic acids is 1. The minimum absolute atomic E-state index is 0.0630. The van der Waals surface area contributed by atoms with E-state index in [-0.39, 0.29) is 11.8 Å². The second kappa shape index (κ2) is 7.01. The third-order valence-electron chi connectivity index (χ3n) is 4.08. The second-order valence-electron chi connectivity index (χ2n) is 5.76. The molecule has 0 aliphatic carbocycles. The summed E-state index contributed by atoms with van der Waals surface area (Å²) in [4.78, 5) is 25.4. The molecule has 0 fully saturated rings. The zero-order chi connectivity index (χ0) is 17.1. The monoisotopic (exact) mass is 356 g/mol. The van der Waals surface area contributed by atoms with E-state index in [1.165, 1.54) is 11.3 Å². The van der Waals surface area contributed by atoms with Gasteiger partial charge in [0, 0.05) is 24.3 Å². The molecule has 128 valence electrons. The minimum Gasteiger partial charge on any atom is -0.350 e. The van der Waals surface area contributed by atoms with Crippen molar-refractivity contribution in [2.45, 2.75) is 38.3 Å². The summed E-state index contributed by atoms with van der Waals surface area (Å²) >= 11 is 1.48. The van der Waals surface area contributed by atoms with Crippen LogP contribution in [0, 0.1) is 0 Å². The Bertz CT molecular complexity index is 861. The van der Waals surface area contributed by atoms with Gasteiger partial charge in [0.15, 0.2) is 5.82 Å². The summed E-state index contributed by atoms with van der Waals surface area (Å²) in [7, 11) is 0. The molecule has 25 heavy (non-hydrogen) atoms. The minimum atomic E-state index is -0.310. The van der Waals surface area contributed by atoms with Gasteiger partial charge in [0.25, 0.3) is 0 Å². The molecule has 3 aromatic rings. The van der Waals surface area contributed by atoms with E-state index in [9.17, 15) is 4.79 Å². The van der Waals surface area contributed by atoms with Crippen molar-refractivity contribution in [3.8, 4) is 10.7 Å². The maximum absolute atomic E-state index is 12.6. The molecule has 0 saturated carbocycles. The number of fused-ring (bicyclic) bond motifs is 1. The van der Waals surface area contributed by atoms with Crippen LogP contribution in [0.3, 0.4) is 0 Å². The highest BCUT2D eigenvalue weighted by Crippen LogP contribution is 2.24. The van der Waals surface area contributed by atoms with Crippen molar-refractivity contribution >= 4 is 17.2 Å². The highest BCUT2D eigenvalue weighted by atomic mass is 32.1. The zero-order valence-corrected chi connectivity index (χ0v) is 14.2. The van der Waals surface area contributed by atoms with Gasteiger partial charge >= 0.3 is 0 Å². The zero-order valence-electron chi connectivity index (χ0n) is 13.4. The molecule has 0 saturated heterocycles. The third-order valence-corrected chi connectivity index (χ3v) is 4.99. The number of nitrogens with zero attached hydrogens (tertiary/aromatic N) is 7. The molecule has 0 spiro atoms. The van der Waals surface area contributed by atoms with Gasteiger partial charge in [-0.2, -0.15) is 0 Å². The Kier molecular flexibility index (Phi) is 4.42. The number of hydrogen-bond acceptors (Lipinski definition) is 8. The molecule has 1 aliphatic heterocycles. The molecule has 1 amide bonds. The van der Waals surface area contributed by atoms with Gasteiger partial charge in [-0.3, -0.25) is 14.8 Å². The van der Waals surface area contributed by atoms with E-state index in [2.05, 4.69) is 35.8 Å². The molecule has 0 aromatic carbocycles. The number of tetrazole rings is 1. The molecule has 10 heteroatoms. The van der Waals surface area contributed by atoms with Crippen molar-refractivity contribution in [2.24, 2.45) is 0 Å². The summed E-state index contributed by atoms with van der Waals surface area (Å²) in [6, 6.07) is 0. The lowest BCUT2D eigenvalue weighted by Gasteiger charge is -2.12. The lowest BCUT2D eigenvalue weighted by molar-refractivity contribution is -0.123. The fourth-order valence-corrected chi connectivity index (χ4v) is 3.60. The van der Waals surface area contributed by atoms with Gasteiger partial charge in [0.05, 0.1) is 24.4 Å². The second-order valence-corrected chi connectivity index (χ2v) is 6.62. The molecule has 1 N–H and O–H groups in total. The number of nitrogens with one attached hydrogen (secondary N) is 1. The Morgan fingerprint density at radius 3 is 3.20 bits per heavy atom. The van der Waals surface area contributed by atoms with E-state index >= 15 is 0 Å². The summed E-state index contributed by atoms with van der Waals surface area (Å²) < 4.78 is 1.73. The van der Waals surface area contributed by atoms with Crippen LogP contribution in [0.15, 0.2) is 24.0 Å². The molecule has 1 unspecified atom stereocenters. The van der Waals surface area contributed by atoms with E-state index < -0.39 is 0 Å². The SMILES string of the molecule is O=C(NCc1csc(-c2cnccn2)n1)C1CCCCn2nnnc21. The fraction of sp³-hybridized carbons (Fsp3) is 0.400. The van der Waals surface area contributed by atoms with Gasteiger partial charge in [-0.05, 0) is 23.3 Å². The first-order chi connectivity index (χ1) is 12.3. The van der Waals surface area contributed by atoms with E-state index in [0.29, 0.717) is 12.4 Å². The van der Waals surface area contributed by atoms with Crippen molar-refractivity contribution in [3.05, 3.63) is 35.5 Å². The number of aromatic nitrogens is 7. The Balaban J connectivity index is 1.42. The van der Waals surface area contributed by atoms with Crippen LogP contribution in [-0.4, -0.2) is 41.1 Å². The molecular weight excluding hydrogens is 340 g/mol. The number of amides is 1. The number of thiazole rings is 1. The van der Waals surface area contributed by atoms with Crippen LogP contribution in [0.1, 0.15) is 36.7 Å². The lowest BCUT2D eigenvalue weighted by atomic mass is 10.0. The average molecular weight is 356 g/mol. The molecule has 0 bridgehead atoms. The van der Waals surface area contributed by atoms with E-state index in [1.54, 1.807) is 23.3 Å². The molecule has 4 heterocycles. The number of hydrogen-bond donors (Lipinski definition) is 1. The standard InChI is InChI=1S/C15H16N8OS/c24-14(11-3-1-2-6-23-13(11)20-21-22-23)18-7-10-9-25-15(19-10)12-8-16-4-5-17-12/h4-5,8-9,11H,1-3,6-7H2,(H,18,24). The highest BCUT2D eigenvalue weighted by molar-refractivity contribution is 7.13. The van der Waals surface area contributed by atoms with Gasteiger partial charge in [-0.1, -0.05) is 6.42 Å². The van der Waals surface area contributed by atoms with Crippen LogP contribution in [0.2, 0.25) is 0 Å². The van der Waals surface area contributed by atoms with Crippen molar-refractivity contribution in [1.82, 2.24) is 40.5 Å². The fourth-order valence-electron chi connectivity index (χ4n) is 2.82. The van der Waals surface area contributed by atoms with Crippen molar-refractivity contribution in [2.75, 3.05) is 0 Å². The first-order valence-electron chi connectivity index (χ1n) is 8.06. The van der Waals surface area contributed by atoms with E-state index in [1.807, 2.05) is 5.38 Å². The molecule has 9 nitrogen and oxygen atoms in total. The van der Waals surface area contributed by atoms with Crippen LogP contribution < -0.4 is 5.32 Å². The molecule has 4 rings (SSSR count). The van der Waals surface area contributed by atoms with Gasteiger partial charge in [0.2, 0.25) is 5.91 Å². The van der Waals surface area contributed by atoms with Crippen LogP contribution >= 0.6 is 11.3 Å². The van der Waals surface area contributed by atoms with Crippen molar-refractivity contribution in [3.63, 3.8) is 0 Å². The number of rotatable bonds is 4. The van der Waals surface area contributed by atoms with Crippen LogP contribution in [0.5, 0.6) is 0 Å². The maximum Gasteiger partial charge on any atom is 0.231 e. The summed E-state index contributed by atoms with van der Waals surface area (Å²) in [5, 5.41) is 17.3. The van der Waals surface area contributed by atoms with Crippen LogP contribution in [0.25, 0.3) is 10.7 Å². The molecule has 1 atom stereocenters. The molecular formula is C15H16N8OS. The first-order valence-corrected chi connectivity index (χ1v) is 8.94. The predicted molar refractivity (Wildman–Crippen MR) is 89.4 cm³/mol. The van der Waals surface area contributed by atoms with E-state index in [4.69, 9.17) is 0 Å². The topological polar surface area (TPSA) is 111 Å².